The monoisotopic (exact) mass is 520 g/mol. The maximum atomic E-state index is 2.42. The average Bonchev–Trinajstić information content (AvgIpc) is 3.66. The van der Waals surface area contributed by atoms with Crippen molar-refractivity contribution < 1.29 is 0 Å². The summed E-state index contributed by atoms with van der Waals surface area (Å²) in [5.41, 5.74) is 12.5. The van der Waals surface area contributed by atoms with Crippen molar-refractivity contribution in [2.75, 3.05) is 0 Å². The van der Waals surface area contributed by atoms with Crippen LogP contribution in [0.2, 0.25) is 0 Å². The summed E-state index contributed by atoms with van der Waals surface area (Å²) >= 11 is 0. The molecule has 2 heteroatoms. The van der Waals surface area contributed by atoms with E-state index in [0.717, 1.165) is 0 Å². The molecule has 0 aliphatic rings. The van der Waals surface area contributed by atoms with E-state index in [1.807, 2.05) is 0 Å². The summed E-state index contributed by atoms with van der Waals surface area (Å²) in [6, 6.07) is 45.9. The largest absolute Gasteiger partial charge is 0.316 e. The molecule has 0 N–H and O–H groups in total. The number of hydrogen-bond donors (Lipinski definition) is 0. The van der Waals surface area contributed by atoms with Crippen LogP contribution < -0.4 is 0 Å². The third-order valence-corrected chi connectivity index (χ3v) is 7.73. The van der Waals surface area contributed by atoms with E-state index in [9.17, 15) is 0 Å². The SMILES string of the molecule is CC(C)c1cc(-c2ccc(-c3ccccc3)n2-c2ccccc2)cc(C(C)C)c1-n1cccc1-c1ccccc1. The van der Waals surface area contributed by atoms with Gasteiger partial charge in [-0.1, -0.05) is 107 Å². The highest BCUT2D eigenvalue weighted by Gasteiger charge is 2.22. The molecule has 0 aliphatic heterocycles. The van der Waals surface area contributed by atoms with Gasteiger partial charge in [-0.3, -0.25) is 0 Å². The summed E-state index contributed by atoms with van der Waals surface area (Å²) in [6.45, 7) is 9.24. The third kappa shape index (κ3) is 4.71. The van der Waals surface area contributed by atoms with Crippen LogP contribution in [0.15, 0.2) is 134 Å². The number of nitrogens with zero attached hydrogens (tertiary/aromatic N) is 2. The van der Waals surface area contributed by atoms with E-state index in [-0.39, 0.29) is 0 Å². The molecule has 6 rings (SSSR count). The summed E-state index contributed by atoms with van der Waals surface area (Å²) in [6.07, 6.45) is 2.22. The van der Waals surface area contributed by atoms with Gasteiger partial charge in [0, 0.05) is 11.9 Å². The molecule has 0 bridgehead atoms. The highest BCUT2D eigenvalue weighted by atomic mass is 15.0. The standard InChI is InChI=1S/C38H36N2/c1-27(2)33-25-31(26-34(28(3)4)38(33)39-24-14-21-35(39)29-15-8-5-9-16-29)37-23-22-36(30-17-10-6-11-18-30)40(37)32-19-12-7-13-20-32/h5-28H,1-4H3. The molecule has 2 heterocycles. The minimum atomic E-state index is 0.354. The number of hydrogen-bond acceptors (Lipinski definition) is 0. The Balaban J connectivity index is 1.60. The molecule has 40 heavy (non-hydrogen) atoms. The van der Waals surface area contributed by atoms with Gasteiger partial charge in [-0.2, -0.15) is 0 Å². The second kappa shape index (κ2) is 10.9. The van der Waals surface area contributed by atoms with Crippen molar-refractivity contribution in [2.24, 2.45) is 0 Å². The third-order valence-electron chi connectivity index (χ3n) is 7.73. The maximum absolute atomic E-state index is 2.42. The summed E-state index contributed by atoms with van der Waals surface area (Å²) in [5, 5.41) is 0. The second-order valence-corrected chi connectivity index (χ2v) is 11.1. The highest BCUT2D eigenvalue weighted by Crippen LogP contribution is 2.40. The first-order chi connectivity index (χ1) is 19.5. The molecule has 0 saturated heterocycles. The second-order valence-electron chi connectivity index (χ2n) is 11.1. The van der Waals surface area contributed by atoms with Gasteiger partial charge in [0.2, 0.25) is 0 Å². The quantitative estimate of drug-likeness (QED) is 0.198. The Morgan fingerprint density at radius 3 is 1.45 bits per heavy atom. The first kappa shape index (κ1) is 25.7. The molecule has 0 aliphatic carbocycles. The maximum Gasteiger partial charge on any atom is 0.0535 e. The number of aromatic nitrogens is 2. The molecular weight excluding hydrogens is 484 g/mol. The van der Waals surface area contributed by atoms with Gasteiger partial charge >= 0.3 is 0 Å². The predicted molar refractivity (Wildman–Crippen MR) is 170 cm³/mol. The lowest BCUT2D eigenvalue weighted by atomic mass is 9.89. The highest BCUT2D eigenvalue weighted by molar-refractivity contribution is 5.76. The Kier molecular flexibility index (Phi) is 7.00. The normalized spacial score (nSPS) is 11.4. The van der Waals surface area contributed by atoms with E-state index >= 15 is 0 Å². The van der Waals surface area contributed by atoms with E-state index < -0.39 is 0 Å². The molecule has 0 amide bonds. The van der Waals surface area contributed by atoms with Crippen molar-refractivity contribution in [3.63, 3.8) is 0 Å². The smallest absolute Gasteiger partial charge is 0.0535 e. The molecule has 198 valence electrons. The van der Waals surface area contributed by atoms with Crippen LogP contribution in [-0.4, -0.2) is 9.13 Å². The summed E-state index contributed by atoms with van der Waals surface area (Å²) in [5.74, 6) is 0.708. The molecule has 0 atom stereocenters. The van der Waals surface area contributed by atoms with E-state index in [2.05, 4.69) is 170 Å². The van der Waals surface area contributed by atoms with Gasteiger partial charge in [-0.25, -0.2) is 0 Å². The lowest BCUT2D eigenvalue weighted by molar-refractivity contribution is 0.808. The van der Waals surface area contributed by atoms with Gasteiger partial charge < -0.3 is 9.13 Å². The van der Waals surface area contributed by atoms with Gasteiger partial charge in [0.15, 0.2) is 0 Å². The van der Waals surface area contributed by atoms with Crippen LogP contribution in [0.25, 0.3) is 45.1 Å². The lowest BCUT2D eigenvalue weighted by Crippen LogP contribution is -2.09. The molecule has 6 aromatic rings. The van der Waals surface area contributed by atoms with E-state index in [1.54, 1.807) is 0 Å². The van der Waals surface area contributed by atoms with Crippen molar-refractivity contribution in [1.29, 1.82) is 0 Å². The van der Waals surface area contributed by atoms with Crippen LogP contribution in [-0.2, 0) is 0 Å². The van der Waals surface area contributed by atoms with Crippen LogP contribution in [0.1, 0.15) is 50.7 Å². The first-order valence-corrected chi connectivity index (χ1v) is 14.3. The van der Waals surface area contributed by atoms with Crippen molar-refractivity contribution >= 4 is 0 Å². The van der Waals surface area contributed by atoms with Gasteiger partial charge in [-0.05, 0) is 88.2 Å². The molecular formula is C38H36N2. The molecule has 2 nitrogen and oxygen atoms in total. The average molecular weight is 521 g/mol. The summed E-state index contributed by atoms with van der Waals surface area (Å²) in [4.78, 5) is 0. The Bertz CT molecular complexity index is 1690. The van der Waals surface area contributed by atoms with Gasteiger partial charge in [0.1, 0.15) is 0 Å². The fraction of sp³-hybridized carbons (Fsp3) is 0.158. The van der Waals surface area contributed by atoms with Crippen molar-refractivity contribution in [3.05, 3.63) is 145 Å². The van der Waals surface area contributed by atoms with Gasteiger partial charge in [0.25, 0.3) is 0 Å². The molecule has 2 aromatic heterocycles. The fourth-order valence-electron chi connectivity index (χ4n) is 5.76. The molecule has 4 aromatic carbocycles. The topological polar surface area (TPSA) is 9.86 Å². The minimum absolute atomic E-state index is 0.354. The summed E-state index contributed by atoms with van der Waals surface area (Å²) < 4.78 is 4.80. The Labute approximate surface area is 238 Å². The molecule has 0 radical (unpaired) electrons. The van der Waals surface area contributed by atoms with Crippen LogP contribution in [0, 0.1) is 0 Å². The molecule has 0 unspecified atom stereocenters. The van der Waals surface area contributed by atoms with E-state index in [4.69, 9.17) is 0 Å². The van der Waals surface area contributed by atoms with E-state index in [1.165, 1.54) is 56.3 Å². The fourth-order valence-corrected chi connectivity index (χ4v) is 5.76. The number of rotatable bonds is 7. The Hall–Kier alpha value is -4.56. The lowest BCUT2D eigenvalue weighted by Gasteiger charge is -2.25. The Morgan fingerprint density at radius 2 is 0.925 bits per heavy atom. The first-order valence-electron chi connectivity index (χ1n) is 14.3. The zero-order chi connectivity index (χ0) is 27.6. The van der Waals surface area contributed by atoms with Crippen LogP contribution in [0.4, 0.5) is 0 Å². The zero-order valence-corrected chi connectivity index (χ0v) is 23.8. The summed E-state index contributed by atoms with van der Waals surface area (Å²) in [7, 11) is 0. The molecule has 0 fully saturated rings. The molecule has 0 spiro atoms. The van der Waals surface area contributed by atoms with Crippen molar-refractivity contribution in [1.82, 2.24) is 9.13 Å². The number of para-hydroxylation sites is 1. The van der Waals surface area contributed by atoms with Crippen molar-refractivity contribution in [3.8, 4) is 45.1 Å². The van der Waals surface area contributed by atoms with Crippen molar-refractivity contribution in [2.45, 2.75) is 39.5 Å². The van der Waals surface area contributed by atoms with Crippen LogP contribution >= 0.6 is 0 Å². The minimum Gasteiger partial charge on any atom is -0.316 e. The predicted octanol–water partition coefficient (Wildman–Crippen LogP) is 10.5. The Morgan fingerprint density at radius 1 is 0.450 bits per heavy atom. The van der Waals surface area contributed by atoms with Gasteiger partial charge in [-0.15, -0.1) is 0 Å². The molecule has 0 saturated carbocycles. The number of benzene rings is 4. The zero-order valence-electron chi connectivity index (χ0n) is 23.8. The van der Waals surface area contributed by atoms with Crippen LogP contribution in [0.5, 0.6) is 0 Å². The van der Waals surface area contributed by atoms with Crippen LogP contribution in [0.3, 0.4) is 0 Å². The van der Waals surface area contributed by atoms with Gasteiger partial charge in [0.05, 0.1) is 22.8 Å². The van der Waals surface area contributed by atoms with E-state index in [0.29, 0.717) is 11.8 Å².